The molecule has 0 aliphatic carbocycles. The van der Waals surface area contributed by atoms with E-state index in [4.69, 9.17) is 4.74 Å². The molecule has 1 heterocycles. The number of hydrogen-bond acceptors (Lipinski definition) is 4. The van der Waals surface area contributed by atoms with Gasteiger partial charge in [-0.3, -0.25) is 10.1 Å². The summed E-state index contributed by atoms with van der Waals surface area (Å²) in [6.45, 7) is 0.514. The lowest BCUT2D eigenvalue weighted by molar-refractivity contribution is -0.924. The molecule has 0 saturated heterocycles. The van der Waals surface area contributed by atoms with Gasteiger partial charge in [-0.25, -0.2) is 9.59 Å². The van der Waals surface area contributed by atoms with Crippen LogP contribution in [0.2, 0.25) is 0 Å². The first-order valence-corrected chi connectivity index (χ1v) is 8.72. The minimum absolute atomic E-state index is 0.00366. The molecule has 1 unspecified atom stereocenters. The second-order valence-electron chi connectivity index (χ2n) is 6.43. The van der Waals surface area contributed by atoms with Crippen LogP contribution in [0.1, 0.15) is 11.1 Å². The van der Waals surface area contributed by atoms with E-state index in [2.05, 4.69) is 10.6 Å². The Morgan fingerprint density at radius 3 is 2.41 bits per heavy atom. The number of quaternary nitrogens is 1. The zero-order valence-electron chi connectivity index (χ0n) is 15.0. The van der Waals surface area contributed by atoms with Crippen LogP contribution in [0, 0.1) is 0 Å². The van der Waals surface area contributed by atoms with Gasteiger partial charge in [0, 0.05) is 17.7 Å². The summed E-state index contributed by atoms with van der Waals surface area (Å²) in [7, 11) is 1.34. The van der Waals surface area contributed by atoms with Crippen LogP contribution < -0.4 is 15.5 Å². The van der Waals surface area contributed by atoms with Gasteiger partial charge in [-0.05, 0) is 17.7 Å². The van der Waals surface area contributed by atoms with Crippen molar-refractivity contribution in [2.45, 2.75) is 19.0 Å². The molecule has 0 radical (unpaired) electrons. The SMILES string of the molecule is COC(=O)[C@H]1Cc2ccccc2C[NH+]1CC(=O)NC(=O)Nc1ccccc1. The van der Waals surface area contributed by atoms with E-state index in [0.717, 1.165) is 16.0 Å². The molecule has 7 nitrogen and oxygen atoms in total. The molecule has 2 atom stereocenters. The van der Waals surface area contributed by atoms with Gasteiger partial charge in [0.1, 0.15) is 6.54 Å². The van der Waals surface area contributed by atoms with Crippen molar-refractivity contribution in [3.8, 4) is 0 Å². The number of amides is 3. The number of para-hydroxylation sites is 1. The number of hydrogen-bond donors (Lipinski definition) is 3. The van der Waals surface area contributed by atoms with Crippen molar-refractivity contribution in [2.75, 3.05) is 19.0 Å². The minimum Gasteiger partial charge on any atom is -0.465 e. The maximum Gasteiger partial charge on any atom is 0.365 e. The van der Waals surface area contributed by atoms with E-state index in [0.29, 0.717) is 18.7 Å². The number of carbonyl (C=O) groups is 3. The first-order valence-electron chi connectivity index (χ1n) is 8.72. The standard InChI is InChI=1S/C20H21N3O4/c1-27-19(25)17-11-14-7-5-6-8-15(14)12-23(17)13-18(24)22-20(26)21-16-9-3-2-4-10-16/h2-10,17H,11-13H2,1H3,(H2,21,22,24,26)/p+1/t17-/m1/s1. The van der Waals surface area contributed by atoms with E-state index < -0.39 is 18.0 Å². The maximum absolute atomic E-state index is 12.3. The van der Waals surface area contributed by atoms with E-state index in [-0.39, 0.29) is 12.5 Å². The molecule has 2 aromatic carbocycles. The fourth-order valence-electron chi connectivity index (χ4n) is 3.30. The zero-order chi connectivity index (χ0) is 19.2. The third-order valence-corrected chi connectivity index (χ3v) is 4.61. The molecule has 0 fully saturated rings. The topological polar surface area (TPSA) is 88.9 Å². The van der Waals surface area contributed by atoms with Crippen LogP contribution in [-0.4, -0.2) is 37.6 Å². The molecular weight excluding hydrogens is 346 g/mol. The summed E-state index contributed by atoms with van der Waals surface area (Å²) in [6.07, 6.45) is 0.502. The van der Waals surface area contributed by atoms with Crippen LogP contribution in [0.15, 0.2) is 54.6 Å². The van der Waals surface area contributed by atoms with Gasteiger partial charge in [0.05, 0.1) is 7.11 Å². The number of benzene rings is 2. The second kappa shape index (κ2) is 8.46. The van der Waals surface area contributed by atoms with Gasteiger partial charge < -0.3 is 15.0 Å². The van der Waals surface area contributed by atoms with Gasteiger partial charge >= 0.3 is 12.0 Å². The number of anilines is 1. The molecule has 1 aliphatic rings. The Bertz CT molecular complexity index is 838. The predicted molar refractivity (Wildman–Crippen MR) is 99.1 cm³/mol. The fraction of sp³-hybridized carbons (Fsp3) is 0.250. The Hall–Kier alpha value is -3.19. The molecule has 3 rings (SSSR count). The number of rotatable bonds is 4. The Morgan fingerprint density at radius 2 is 1.70 bits per heavy atom. The molecule has 3 amide bonds. The molecule has 2 aromatic rings. The summed E-state index contributed by atoms with van der Waals surface area (Å²) in [5.41, 5.74) is 2.77. The van der Waals surface area contributed by atoms with Crippen molar-refractivity contribution in [3.63, 3.8) is 0 Å². The molecule has 1 aliphatic heterocycles. The average Bonchev–Trinajstić information content (AvgIpc) is 2.67. The van der Waals surface area contributed by atoms with E-state index in [1.807, 2.05) is 30.3 Å². The minimum atomic E-state index is -0.599. The molecule has 0 spiro atoms. The number of nitrogens with one attached hydrogen (secondary N) is 3. The van der Waals surface area contributed by atoms with Gasteiger partial charge in [0.25, 0.3) is 5.91 Å². The summed E-state index contributed by atoms with van der Waals surface area (Å²) >= 11 is 0. The molecule has 0 aromatic heterocycles. The van der Waals surface area contributed by atoms with E-state index in [1.54, 1.807) is 24.3 Å². The predicted octanol–water partition coefficient (Wildman–Crippen LogP) is 0.518. The third kappa shape index (κ3) is 4.71. The smallest absolute Gasteiger partial charge is 0.365 e. The zero-order valence-corrected chi connectivity index (χ0v) is 15.0. The van der Waals surface area contributed by atoms with Crippen LogP contribution >= 0.6 is 0 Å². The molecule has 7 heteroatoms. The van der Waals surface area contributed by atoms with Crippen LogP contribution in [0.3, 0.4) is 0 Å². The van der Waals surface area contributed by atoms with Gasteiger partial charge in [0.15, 0.2) is 12.6 Å². The van der Waals surface area contributed by atoms with Gasteiger partial charge in [-0.1, -0.05) is 42.5 Å². The summed E-state index contributed by atoms with van der Waals surface area (Å²) < 4.78 is 4.91. The van der Waals surface area contributed by atoms with Crippen molar-refractivity contribution < 1.29 is 24.0 Å². The lowest BCUT2D eigenvalue weighted by Crippen LogP contribution is -3.17. The van der Waals surface area contributed by atoms with Crippen LogP contribution in [0.25, 0.3) is 0 Å². The summed E-state index contributed by atoms with van der Waals surface area (Å²) in [6, 6.07) is 15.6. The van der Waals surface area contributed by atoms with Crippen molar-refractivity contribution in [2.24, 2.45) is 0 Å². The number of carbonyl (C=O) groups excluding carboxylic acids is 3. The molecule has 140 valence electrons. The Balaban J connectivity index is 1.64. The largest absolute Gasteiger partial charge is 0.465 e. The summed E-state index contributed by atoms with van der Waals surface area (Å²) in [5.74, 6) is -0.812. The number of urea groups is 1. The second-order valence-corrected chi connectivity index (χ2v) is 6.43. The number of esters is 1. The maximum atomic E-state index is 12.3. The number of fused-ring (bicyclic) bond motifs is 1. The highest BCUT2D eigenvalue weighted by Gasteiger charge is 2.37. The number of imide groups is 1. The highest BCUT2D eigenvalue weighted by Crippen LogP contribution is 2.14. The monoisotopic (exact) mass is 368 g/mol. The van der Waals surface area contributed by atoms with Crippen molar-refractivity contribution in [1.82, 2.24) is 5.32 Å². The lowest BCUT2D eigenvalue weighted by Gasteiger charge is -2.31. The molecule has 0 bridgehead atoms. The van der Waals surface area contributed by atoms with Gasteiger partial charge in [-0.2, -0.15) is 0 Å². The van der Waals surface area contributed by atoms with Crippen LogP contribution in [0.4, 0.5) is 10.5 Å². The quantitative estimate of drug-likeness (QED) is 0.687. The van der Waals surface area contributed by atoms with Crippen LogP contribution in [-0.2, 0) is 27.3 Å². The molecule has 27 heavy (non-hydrogen) atoms. The van der Waals surface area contributed by atoms with Gasteiger partial charge in [-0.15, -0.1) is 0 Å². The molecular formula is C20H22N3O4+. The van der Waals surface area contributed by atoms with Crippen LogP contribution in [0.5, 0.6) is 0 Å². The number of methoxy groups -OCH3 is 1. The van der Waals surface area contributed by atoms with E-state index >= 15 is 0 Å². The summed E-state index contributed by atoms with van der Waals surface area (Å²) in [5, 5.41) is 4.91. The van der Waals surface area contributed by atoms with E-state index in [9.17, 15) is 14.4 Å². The van der Waals surface area contributed by atoms with Crippen molar-refractivity contribution in [1.29, 1.82) is 0 Å². The Morgan fingerprint density at radius 1 is 1.04 bits per heavy atom. The number of ether oxygens (including phenoxy) is 1. The third-order valence-electron chi connectivity index (χ3n) is 4.61. The van der Waals surface area contributed by atoms with Crippen molar-refractivity contribution in [3.05, 3.63) is 65.7 Å². The first kappa shape index (κ1) is 18.6. The molecule has 0 saturated carbocycles. The molecule has 3 N–H and O–H groups in total. The normalized spacial score (nSPS) is 18.1. The highest BCUT2D eigenvalue weighted by atomic mass is 16.5. The Kier molecular flexibility index (Phi) is 5.83. The van der Waals surface area contributed by atoms with Gasteiger partial charge in [0.2, 0.25) is 0 Å². The first-order chi connectivity index (χ1) is 13.1. The van der Waals surface area contributed by atoms with E-state index in [1.165, 1.54) is 7.11 Å². The highest BCUT2D eigenvalue weighted by molar-refractivity contribution is 6.01. The average molecular weight is 368 g/mol. The fourth-order valence-corrected chi connectivity index (χ4v) is 3.30. The van der Waals surface area contributed by atoms with Crippen molar-refractivity contribution >= 4 is 23.6 Å². The lowest BCUT2D eigenvalue weighted by atomic mass is 9.94. The summed E-state index contributed by atoms with van der Waals surface area (Å²) in [4.78, 5) is 37.3. The Labute approximate surface area is 157 Å².